The van der Waals surface area contributed by atoms with Crippen LogP contribution in [0.1, 0.15) is 62.3 Å². The zero-order valence-electron chi connectivity index (χ0n) is 36.7. The van der Waals surface area contributed by atoms with E-state index >= 15 is 0 Å². The molecule has 2 unspecified atom stereocenters. The second kappa shape index (κ2) is 52.3. The minimum absolute atomic E-state index is 0. The van der Waals surface area contributed by atoms with Crippen LogP contribution in [0.5, 0.6) is 0 Å². The van der Waals surface area contributed by atoms with Crippen molar-refractivity contribution < 1.29 is 174 Å². The molecule has 0 saturated carbocycles. The van der Waals surface area contributed by atoms with Crippen molar-refractivity contribution in [3.63, 3.8) is 0 Å². The third-order valence-electron chi connectivity index (χ3n) is 4.41. The van der Waals surface area contributed by atoms with Crippen molar-refractivity contribution >= 4 is 0 Å². The van der Waals surface area contributed by atoms with Gasteiger partial charge >= 0.3 is 0 Å². The molecule has 0 aromatic rings. The molecule has 0 heterocycles. The Bertz CT molecular complexity index is 561. The van der Waals surface area contributed by atoms with Crippen LogP contribution in [0.3, 0.4) is 0 Å². The molecule has 2 atom stereocenters. The van der Waals surface area contributed by atoms with E-state index in [-0.39, 0.29) is 162 Å². The van der Waals surface area contributed by atoms with Gasteiger partial charge in [-0.2, -0.15) is 0 Å². The van der Waals surface area contributed by atoms with E-state index in [4.69, 9.17) is 25.5 Å². The molecule has 0 aliphatic rings. The Balaban J connectivity index is -0.0000000351. The summed E-state index contributed by atoms with van der Waals surface area (Å²) < 4.78 is 0. The number of aliphatic hydroxyl groups is 6. The number of rotatable bonds is 13. The summed E-state index contributed by atoms with van der Waals surface area (Å²) in [6.45, 7) is 22.1. The van der Waals surface area contributed by atoms with E-state index in [1.807, 2.05) is 116 Å². The minimum atomic E-state index is -0.552. The first-order chi connectivity index (χ1) is 19.8. The Kier molecular flexibility index (Phi) is 89.2. The van der Waals surface area contributed by atoms with E-state index in [1.165, 1.54) is 0 Å². The van der Waals surface area contributed by atoms with Crippen LogP contribution in [0, 0.1) is 0 Å². The maximum Gasteiger partial charge on any atom is 0.0718 e. The summed E-state index contributed by atoms with van der Waals surface area (Å²) in [5, 5.41) is 53.1. The molecule has 0 radical (unpaired) electrons. The van der Waals surface area contributed by atoms with Crippen molar-refractivity contribution in [1.82, 2.24) is 29.4 Å². The zero-order valence-corrected chi connectivity index (χ0v) is 51.0. The Hall–Kier alpha value is 4.29. The molecule has 0 fully saturated rings. The normalized spacial score (nSPS) is 11.5. The monoisotopic (exact) mass is 1250 g/mol. The van der Waals surface area contributed by atoms with Crippen LogP contribution in [-0.2, 0) is 143 Å². The summed E-state index contributed by atoms with van der Waals surface area (Å²) in [5.41, 5.74) is -1.65. The summed E-state index contributed by atoms with van der Waals surface area (Å²) >= 11 is 0. The first-order valence-corrected chi connectivity index (χ1v) is 15.9. The van der Waals surface area contributed by atoms with Gasteiger partial charge in [0.05, 0.1) is 35.6 Å². The average molecular weight is 1250 g/mol. The van der Waals surface area contributed by atoms with Gasteiger partial charge in [0.25, 0.3) is 0 Å². The predicted molar refractivity (Wildman–Crippen MR) is 195 cm³/mol. The standard InChI is InChI=1S/C7H17NO.2C6H15NO.2C5H13NO.C4H11NO.2Hf.3Ti.Zr/c1-5-8(4)6-7(2,3)9;2*1-6(2,8)5-7(3)4;2*1-5(7)4-6(2)3;1-5(2)3-4-6;;;;;;/h9H,5-6H2,1-4H3;2*8H,5H2,1-4H3;2*5,7H,4H2,1-3H3;6H,3-4H2,1-2H3;;;;;;. The molecule has 0 saturated heterocycles. The Labute approximate surface area is 419 Å². The maximum atomic E-state index is 9.28. The summed E-state index contributed by atoms with van der Waals surface area (Å²) in [7, 11) is 21.4. The van der Waals surface area contributed by atoms with Gasteiger partial charge in [-0.3, -0.25) is 0 Å². The van der Waals surface area contributed by atoms with Gasteiger partial charge in [-0.25, -0.2) is 0 Å². The third-order valence-corrected chi connectivity index (χ3v) is 4.41. The summed E-state index contributed by atoms with van der Waals surface area (Å²) in [4.78, 5) is 11.8. The SMILES string of the molecule is CC(O)CN(C)C.CC(O)CN(C)C.CCN(C)CC(C)(C)O.CN(C)CC(C)(C)O.CN(C)CC(C)(C)O.CN(C)CCO.[Hf].[Hf].[Ti].[Ti].[Ti].[Zr]. The van der Waals surface area contributed by atoms with Gasteiger partial charge in [0, 0.05) is 182 Å². The summed E-state index contributed by atoms with van der Waals surface area (Å²) in [6, 6.07) is 0. The van der Waals surface area contributed by atoms with Crippen molar-refractivity contribution in [2.45, 2.75) is 91.3 Å². The van der Waals surface area contributed by atoms with Crippen molar-refractivity contribution in [3.8, 4) is 0 Å². The molecule has 0 rings (SSSR count). The van der Waals surface area contributed by atoms with E-state index in [1.54, 1.807) is 41.5 Å². The predicted octanol–water partition coefficient (Wildman–Crippen LogP) is 0.730. The van der Waals surface area contributed by atoms with Crippen LogP contribution < -0.4 is 0 Å². The Morgan fingerprint density at radius 2 is 0.725 bits per heavy atom. The quantitative estimate of drug-likeness (QED) is 0.145. The van der Waals surface area contributed by atoms with Gasteiger partial charge in [-0.1, -0.05) is 6.92 Å². The first kappa shape index (κ1) is 87.0. The number of hydrogen-bond donors (Lipinski definition) is 6. The fourth-order valence-corrected chi connectivity index (χ4v) is 3.58. The molecule has 0 bridgehead atoms. The number of likely N-dealkylation sites (N-methyl/N-ethyl adjacent to an activating group) is 6. The molecule has 0 amide bonds. The molecule has 0 aromatic heterocycles. The van der Waals surface area contributed by atoms with Gasteiger partial charge in [-0.15, -0.1) is 0 Å². The fourth-order valence-electron chi connectivity index (χ4n) is 3.58. The van der Waals surface area contributed by atoms with E-state index < -0.39 is 16.8 Å². The third kappa shape index (κ3) is 142. The molecule has 51 heavy (non-hydrogen) atoms. The van der Waals surface area contributed by atoms with E-state index in [0.717, 1.165) is 32.7 Å². The molecule has 12 nitrogen and oxygen atoms in total. The van der Waals surface area contributed by atoms with Gasteiger partial charge in [0.1, 0.15) is 0 Å². The van der Waals surface area contributed by atoms with Crippen molar-refractivity contribution in [2.75, 3.05) is 130 Å². The molecule has 6 N–H and O–H groups in total. The second-order valence-corrected chi connectivity index (χ2v) is 15.0. The van der Waals surface area contributed by atoms with Crippen molar-refractivity contribution in [1.29, 1.82) is 0 Å². The Morgan fingerprint density at radius 3 is 0.745 bits per heavy atom. The zero-order chi connectivity index (χ0) is 37.8. The molecular weight excluding hydrogens is 1170 g/mol. The maximum absolute atomic E-state index is 9.28. The topological polar surface area (TPSA) is 141 Å². The van der Waals surface area contributed by atoms with Gasteiger partial charge in [-0.05, 0) is 139 Å². The molecule has 0 aliphatic heterocycles. The largest absolute Gasteiger partial charge is 0.395 e. The first-order valence-electron chi connectivity index (χ1n) is 15.9. The van der Waals surface area contributed by atoms with E-state index in [0.29, 0.717) is 13.1 Å². The summed E-state index contributed by atoms with van der Waals surface area (Å²) in [6.07, 6.45) is -0.398. The molecule has 0 aliphatic carbocycles. The van der Waals surface area contributed by atoms with E-state index in [2.05, 4.69) is 11.8 Å². The van der Waals surface area contributed by atoms with Crippen LogP contribution >= 0.6 is 0 Å². The van der Waals surface area contributed by atoms with Crippen LogP contribution in [0.2, 0.25) is 0 Å². The van der Waals surface area contributed by atoms with Crippen LogP contribution in [0.25, 0.3) is 0 Å². The van der Waals surface area contributed by atoms with Crippen LogP contribution in [0.4, 0.5) is 0 Å². The summed E-state index contributed by atoms with van der Waals surface area (Å²) in [5.74, 6) is 0. The second-order valence-electron chi connectivity index (χ2n) is 15.0. The van der Waals surface area contributed by atoms with Gasteiger partial charge < -0.3 is 60.0 Å². The number of nitrogens with zero attached hydrogens (tertiary/aromatic N) is 6. The molecule has 0 spiro atoms. The van der Waals surface area contributed by atoms with Gasteiger partial charge in [0.15, 0.2) is 0 Å². The smallest absolute Gasteiger partial charge is 0.0718 e. The van der Waals surface area contributed by atoms with Gasteiger partial charge in [0.2, 0.25) is 0 Å². The van der Waals surface area contributed by atoms with Crippen LogP contribution in [-0.4, -0.2) is 219 Å². The van der Waals surface area contributed by atoms with Crippen LogP contribution in [0.15, 0.2) is 0 Å². The molecule has 0 aromatic carbocycles. The molecule has 18 heteroatoms. The number of hydrogen-bond acceptors (Lipinski definition) is 12. The average Bonchev–Trinajstić information content (AvgIpc) is 2.68. The van der Waals surface area contributed by atoms with Crippen molar-refractivity contribution in [3.05, 3.63) is 0 Å². The minimum Gasteiger partial charge on any atom is -0.395 e. The number of aliphatic hydroxyl groups excluding tert-OH is 3. The fraction of sp³-hybridized carbons (Fsp3) is 1.00. The van der Waals surface area contributed by atoms with Crippen molar-refractivity contribution in [2.24, 2.45) is 0 Å². The molecule has 306 valence electrons. The Morgan fingerprint density at radius 1 is 0.490 bits per heavy atom. The van der Waals surface area contributed by atoms with E-state index in [9.17, 15) is 5.11 Å². The molecular formula is C33H84Hf2N6O6Ti3Zr.